The van der Waals surface area contributed by atoms with Gasteiger partial charge in [-0.25, -0.2) is 0 Å². The van der Waals surface area contributed by atoms with Crippen molar-refractivity contribution < 1.29 is 9.53 Å². The van der Waals surface area contributed by atoms with E-state index in [4.69, 9.17) is 4.74 Å². The zero-order valence-corrected chi connectivity index (χ0v) is 9.82. The topological polar surface area (TPSA) is 26.3 Å². The normalized spacial score (nSPS) is 13.0. The Labute approximate surface area is 100 Å². The second-order valence-electron chi connectivity index (χ2n) is 4.55. The number of rotatable bonds is 2. The van der Waals surface area contributed by atoms with Crippen LogP contribution in [0, 0.1) is 0 Å². The van der Waals surface area contributed by atoms with Gasteiger partial charge in [0, 0.05) is 6.92 Å². The number of esters is 1. The summed E-state index contributed by atoms with van der Waals surface area (Å²) in [6.07, 6.45) is 2.23. The second kappa shape index (κ2) is 3.88. The molecule has 86 valence electrons. The summed E-state index contributed by atoms with van der Waals surface area (Å²) < 4.78 is 5.05. The minimum absolute atomic E-state index is 0.227. The molecule has 0 N–H and O–H groups in total. The van der Waals surface area contributed by atoms with Gasteiger partial charge in [-0.05, 0) is 46.4 Å². The van der Waals surface area contributed by atoms with E-state index in [1.165, 1.54) is 28.8 Å². The highest BCUT2D eigenvalue weighted by atomic mass is 16.5. The molecule has 0 radical (unpaired) electrons. The SMILES string of the molecule is CC(=O)OCc1cc2c3c(cccc3c1)CC2. The molecule has 0 fully saturated rings. The van der Waals surface area contributed by atoms with Crippen LogP contribution in [0.1, 0.15) is 23.6 Å². The number of hydrogen-bond donors (Lipinski definition) is 0. The molecule has 0 bridgehead atoms. The van der Waals surface area contributed by atoms with Crippen LogP contribution in [0.4, 0.5) is 0 Å². The predicted molar refractivity (Wildman–Crippen MR) is 66.8 cm³/mol. The van der Waals surface area contributed by atoms with Gasteiger partial charge in [0.2, 0.25) is 0 Å². The third-order valence-electron chi connectivity index (χ3n) is 3.31. The number of carbonyl (C=O) groups excluding carboxylic acids is 1. The Morgan fingerprint density at radius 1 is 1.24 bits per heavy atom. The standard InChI is InChI=1S/C15H14O2/c1-10(16)17-9-11-7-13-4-2-3-12-5-6-14(8-11)15(12)13/h2-4,7-8H,5-6,9H2,1H3. The highest BCUT2D eigenvalue weighted by Crippen LogP contribution is 2.31. The molecular weight excluding hydrogens is 212 g/mol. The maximum Gasteiger partial charge on any atom is 0.302 e. The van der Waals surface area contributed by atoms with Gasteiger partial charge < -0.3 is 4.74 Å². The summed E-state index contributed by atoms with van der Waals surface area (Å²) in [6.45, 7) is 1.82. The first kappa shape index (κ1) is 10.3. The fraction of sp³-hybridized carbons (Fsp3) is 0.267. The molecule has 2 aromatic rings. The Balaban J connectivity index is 2.05. The van der Waals surface area contributed by atoms with E-state index < -0.39 is 0 Å². The second-order valence-corrected chi connectivity index (χ2v) is 4.55. The zero-order chi connectivity index (χ0) is 11.8. The van der Waals surface area contributed by atoms with Gasteiger partial charge in [-0.15, -0.1) is 0 Å². The molecule has 2 nitrogen and oxygen atoms in total. The molecule has 0 unspecified atom stereocenters. The first-order chi connectivity index (χ1) is 8.24. The highest BCUT2D eigenvalue weighted by Gasteiger charge is 2.14. The summed E-state index contributed by atoms with van der Waals surface area (Å²) in [5, 5.41) is 2.67. The predicted octanol–water partition coefficient (Wildman–Crippen LogP) is 3.00. The van der Waals surface area contributed by atoms with Crippen LogP contribution in [0.2, 0.25) is 0 Å². The molecule has 0 amide bonds. The summed E-state index contributed by atoms with van der Waals surface area (Å²) in [6, 6.07) is 10.7. The lowest BCUT2D eigenvalue weighted by atomic mass is 10.0. The molecule has 0 aliphatic heterocycles. The van der Waals surface area contributed by atoms with Gasteiger partial charge in [-0.3, -0.25) is 4.79 Å². The molecule has 17 heavy (non-hydrogen) atoms. The van der Waals surface area contributed by atoms with Crippen molar-refractivity contribution in [2.75, 3.05) is 0 Å². The Kier molecular flexibility index (Phi) is 2.36. The van der Waals surface area contributed by atoms with Crippen molar-refractivity contribution >= 4 is 16.7 Å². The Morgan fingerprint density at radius 3 is 2.88 bits per heavy atom. The van der Waals surface area contributed by atoms with Crippen LogP contribution in [0.5, 0.6) is 0 Å². The molecule has 0 heterocycles. The average Bonchev–Trinajstić information content (AvgIpc) is 2.72. The zero-order valence-electron chi connectivity index (χ0n) is 9.82. The minimum Gasteiger partial charge on any atom is -0.461 e. The van der Waals surface area contributed by atoms with Crippen LogP contribution in [0.15, 0.2) is 30.3 Å². The smallest absolute Gasteiger partial charge is 0.302 e. The van der Waals surface area contributed by atoms with E-state index in [2.05, 4.69) is 30.3 Å². The molecule has 1 aliphatic rings. The number of ether oxygens (including phenoxy) is 1. The van der Waals surface area contributed by atoms with Crippen LogP contribution < -0.4 is 0 Å². The summed E-state index contributed by atoms with van der Waals surface area (Å²) in [5.74, 6) is -0.227. The average molecular weight is 226 g/mol. The number of aryl methyl sites for hydroxylation is 2. The fourth-order valence-electron chi connectivity index (χ4n) is 2.61. The van der Waals surface area contributed by atoms with Crippen LogP contribution >= 0.6 is 0 Å². The maximum atomic E-state index is 10.8. The summed E-state index contributed by atoms with van der Waals surface area (Å²) in [7, 11) is 0. The lowest BCUT2D eigenvalue weighted by Crippen LogP contribution is -1.99. The van der Waals surface area contributed by atoms with Crippen molar-refractivity contribution in [2.45, 2.75) is 26.4 Å². The lowest BCUT2D eigenvalue weighted by Gasteiger charge is -2.07. The van der Waals surface area contributed by atoms with Gasteiger partial charge >= 0.3 is 5.97 Å². The molecule has 3 rings (SSSR count). The van der Waals surface area contributed by atoms with E-state index in [1.54, 1.807) is 0 Å². The third-order valence-corrected chi connectivity index (χ3v) is 3.31. The molecule has 0 aromatic heterocycles. The molecule has 0 spiro atoms. The third kappa shape index (κ3) is 1.80. The molecule has 0 saturated heterocycles. The molecule has 0 saturated carbocycles. The number of benzene rings is 2. The van der Waals surface area contributed by atoms with Gasteiger partial charge in [0.05, 0.1) is 0 Å². The van der Waals surface area contributed by atoms with E-state index in [0.29, 0.717) is 6.61 Å². The van der Waals surface area contributed by atoms with Crippen LogP contribution in [0.3, 0.4) is 0 Å². The number of carbonyl (C=O) groups is 1. The van der Waals surface area contributed by atoms with Crippen molar-refractivity contribution in [2.24, 2.45) is 0 Å². The minimum atomic E-state index is -0.227. The van der Waals surface area contributed by atoms with Crippen LogP contribution in [0.25, 0.3) is 10.8 Å². The molecule has 2 aromatic carbocycles. The molecule has 1 aliphatic carbocycles. The van der Waals surface area contributed by atoms with Gasteiger partial charge in [0.25, 0.3) is 0 Å². The van der Waals surface area contributed by atoms with Crippen molar-refractivity contribution in [3.8, 4) is 0 Å². The van der Waals surface area contributed by atoms with Crippen LogP contribution in [-0.2, 0) is 29.0 Å². The molecular formula is C15H14O2. The summed E-state index contributed by atoms with van der Waals surface area (Å²) in [4.78, 5) is 10.8. The first-order valence-electron chi connectivity index (χ1n) is 5.91. The monoisotopic (exact) mass is 226 g/mol. The fourth-order valence-corrected chi connectivity index (χ4v) is 2.61. The van der Waals surface area contributed by atoms with Gasteiger partial charge in [0.1, 0.15) is 6.61 Å². The maximum absolute atomic E-state index is 10.8. The Bertz CT molecular complexity index is 599. The van der Waals surface area contributed by atoms with E-state index in [0.717, 1.165) is 18.4 Å². The quantitative estimate of drug-likeness (QED) is 0.736. The number of hydrogen-bond acceptors (Lipinski definition) is 2. The van der Waals surface area contributed by atoms with Crippen molar-refractivity contribution in [1.29, 1.82) is 0 Å². The van der Waals surface area contributed by atoms with E-state index >= 15 is 0 Å². The molecule has 0 atom stereocenters. The highest BCUT2D eigenvalue weighted by molar-refractivity contribution is 5.91. The summed E-state index contributed by atoms with van der Waals surface area (Å²) >= 11 is 0. The van der Waals surface area contributed by atoms with Crippen molar-refractivity contribution in [3.05, 3.63) is 47.0 Å². The van der Waals surface area contributed by atoms with Crippen molar-refractivity contribution in [1.82, 2.24) is 0 Å². The van der Waals surface area contributed by atoms with E-state index in [-0.39, 0.29) is 5.97 Å². The first-order valence-corrected chi connectivity index (χ1v) is 5.91. The van der Waals surface area contributed by atoms with Crippen LogP contribution in [-0.4, -0.2) is 5.97 Å². The Morgan fingerprint density at radius 2 is 2.06 bits per heavy atom. The summed E-state index contributed by atoms with van der Waals surface area (Å²) in [5.41, 5.74) is 3.92. The largest absolute Gasteiger partial charge is 0.461 e. The molecule has 2 heteroatoms. The van der Waals surface area contributed by atoms with Crippen molar-refractivity contribution in [3.63, 3.8) is 0 Å². The van der Waals surface area contributed by atoms with E-state index in [9.17, 15) is 4.79 Å². The van der Waals surface area contributed by atoms with Gasteiger partial charge in [0.15, 0.2) is 0 Å². The van der Waals surface area contributed by atoms with Gasteiger partial charge in [-0.2, -0.15) is 0 Å². The Hall–Kier alpha value is -1.83. The lowest BCUT2D eigenvalue weighted by molar-refractivity contribution is -0.142. The van der Waals surface area contributed by atoms with E-state index in [1.807, 2.05) is 0 Å². The van der Waals surface area contributed by atoms with Gasteiger partial charge in [-0.1, -0.05) is 24.3 Å².